The lowest BCUT2D eigenvalue weighted by molar-refractivity contribution is -0.286. The van der Waals surface area contributed by atoms with Gasteiger partial charge >= 0.3 is 12.5 Å². The minimum Gasteiger partial charge on any atom is -0.467 e. The van der Waals surface area contributed by atoms with Gasteiger partial charge in [-0.25, -0.2) is 4.68 Å². The molecule has 212 valence electrons. The van der Waals surface area contributed by atoms with Crippen molar-refractivity contribution in [3.05, 3.63) is 83.3 Å². The standard InChI is InChI=1S/C27H20F5N5O4/c1-36(16-10-11-19-21(14-16)41-27(31,32)40-19)25(38)15-5-2-6-17(13-15)37-23-18(24(35-37)26(28,29)30)7-3-8-20(23)39-22-9-4-12-33-34-22/h2,4-6,9-14,20H,3,7-8H2,1H3. The molecule has 14 heteroatoms. The van der Waals surface area contributed by atoms with Crippen molar-refractivity contribution in [2.75, 3.05) is 11.9 Å². The van der Waals surface area contributed by atoms with E-state index in [1.807, 2.05) is 0 Å². The van der Waals surface area contributed by atoms with E-state index in [0.717, 1.165) is 4.68 Å². The smallest absolute Gasteiger partial charge is 0.467 e. The summed E-state index contributed by atoms with van der Waals surface area (Å²) in [6.07, 6.45) is -6.88. The van der Waals surface area contributed by atoms with Gasteiger partial charge in [0.15, 0.2) is 17.2 Å². The van der Waals surface area contributed by atoms with E-state index in [2.05, 4.69) is 24.8 Å². The van der Waals surface area contributed by atoms with E-state index in [1.165, 1.54) is 60.6 Å². The Kier molecular flexibility index (Phi) is 6.27. The number of hydrogen-bond donors (Lipinski definition) is 0. The summed E-state index contributed by atoms with van der Waals surface area (Å²) in [4.78, 5) is 14.6. The number of hydrogen-bond acceptors (Lipinski definition) is 7. The van der Waals surface area contributed by atoms with Gasteiger partial charge in [0.1, 0.15) is 6.10 Å². The van der Waals surface area contributed by atoms with Gasteiger partial charge in [-0.1, -0.05) is 6.07 Å². The van der Waals surface area contributed by atoms with Gasteiger partial charge in [0.05, 0.1) is 11.4 Å². The fourth-order valence-corrected chi connectivity index (χ4v) is 4.90. The van der Waals surface area contributed by atoms with Crippen LogP contribution >= 0.6 is 0 Å². The zero-order valence-corrected chi connectivity index (χ0v) is 21.2. The number of fused-ring (bicyclic) bond motifs is 2. The first-order chi connectivity index (χ1) is 19.5. The highest BCUT2D eigenvalue weighted by Gasteiger charge is 2.44. The van der Waals surface area contributed by atoms with E-state index in [0.29, 0.717) is 12.8 Å². The number of aromatic nitrogens is 4. The fourth-order valence-electron chi connectivity index (χ4n) is 4.90. The molecular weight excluding hydrogens is 553 g/mol. The molecule has 1 unspecified atom stereocenters. The summed E-state index contributed by atoms with van der Waals surface area (Å²) in [5.74, 6) is -0.817. The van der Waals surface area contributed by atoms with Crippen LogP contribution in [-0.2, 0) is 12.6 Å². The van der Waals surface area contributed by atoms with Gasteiger partial charge in [0.25, 0.3) is 5.91 Å². The Labute approximate surface area is 229 Å². The number of rotatable bonds is 5. The van der Waals surface area contributed by atoms with Crippen LogP contribution < -0.4 is 19.1 Å². The maximum atomic E-state index is 14.0. The number of nitrogens with zero attached hydrogens (tertiary/aromatic N) is 5. The molecule has 2 aromatic carbocycles. The van der Waals surface area contributed by atoms with Crippen LogP contribution in [-0.4, -0.2) is 39.2 Å². The average molecular weight is 573 g/mol. The Hall–Kier alpha value is -4.75. The van der Waals surface area contributed by atoms with Gasteiger partial charge in [0, 0.05) is 42.2 Å². The Morgan fingerprint density at radius 1 is 1.10 bits per heavy atom. The zero-order chi connectivity index (χ0) is 28.9. The Bertz CT molecular complexity index is 1630. The molecule has 1 amide bonds. The Morgan fingerprint density at radius 2 is 1.90 bits per heavy atom. The van der Waals surface area contributed by atoms with Crippen molar-refractivity contribution >= 4 is 11.6 Å². The summed E-state index contributed by atoms with van der Waals surface area (Å²) >= 11 is 0. The van der Waals surface area contributed by atoms with Crippen molar-refractivity contribution in [2.45, 2.75) is 37.8 Å². The predicted molar refractivity (Wildman–Crippen MR) is 132 cm³/mol. The lowest BCUT2D eigenvalue weighted by Gasteiger charge is -2.25. The topological polar surface area (TPSA) is 91.6 Å². The molecule has 2 aromatic heterocycles. The molecule has 0 radical (unpaired) electrons. The van der Waals surface area contributed by atoms with Crippen molar-refractivity contribution < 1.29 is 41.0 Å². The van der Waals surface area contributed by atoms with Crippen molar-refractivity contribution in [1.82, 2.24) is 20.0 Å². The number of amides is 1. The van der Waals surface area contributed by atoms with E-state index < -0.39 is 30.2 Å². The number of carbonyl (C=O) groups is 1. The lowest BCUT2D eigenvalue weighted by Crippen LogP contribution is -2.26. The average Bonchev–Trinajstić information content (AvgIpc) is 3.49. The van der Waals surface area contributed by atoms with Gasteiger partial charge in [0.2, 0.25) is 5.88 Å². The molecule has 0 bridgehead atoms. The van der Waals surface area contributed by atoms with Crippen LogP contribution in [0.25, 0.3) is 5.69 Å². The van der Waals surface area contributed by atoms with Gasteiger partial charge < -0.3 is 19.1 Å². The molecule has 2 aliphatic rings. The molecule has 1 atom stereocenters. The van der Waals surface area contributed by atoms with Crippen molar-refractivity contribution in [2.24, 2.45) is 0 Å². The predicted octanol–water partition coefficient (Wildman–Crippen LogP) is 5.74. The zero-order valence-electron chi connectivity index (χ0n) is 21.2. The number of carbonyl (C=O) groups excluding carboxylic acids is 1. The molecule has 9 nitrogen and oxygen atoms in total. The second-order valence-corrected chi connectivity index (χ2v) is 9.40. The van der Waals surface area contributed by atoms with E-state index in [1.54, 1.807) is 12.1 Å². The summed E-state index contributed by atoms with van der Waals surface area (Å²) in [6, 6.07) is 13.0. The molecule has 0 spiro atoms. The highest BCUT2D eigenvalue weighted by molar-refractivity contribution is 6.06. The molecule has 6 rings (SSSR count). The second kappa shape index (κ2) is 9.71. The SMILES string of the molecule is CN(C(=O)c1cccc(-n2nc(C(F)(F)F)c3c2C(Oc2cccnn2)CCC3)c1)c1ccc2c(c1)OC(F)(F)O2. The third kappa shape index (κ3) is 5.00. The van der Waals surface area contributed by atoms with Crippen LogP contribution in [0.5, 0.6) is 17.4 Å². The van der Waals surface area contributed by atoms with Gasteiger partial charge in [-0.3, -0.25) is 4.79 Å². The quantitative estimate of drug-likeness (QED) is 0.282. The largest absolute Gasteiger partial charge is 0.586 e. The van der Waals surface area contributed by atoms with Crippen molar-refractivity contribution in [1.29, 1.82) is 0 Å². The molecule has 0 fully saturated rings. The number of benzene rings is 2. The summed E-state index contributed by atoms with van der Waals surface area (Å²) in [6.45, 7) is 0. The molecule has 1 aliphatic carbocycles. The van der Waals surface area contributed by atoms with Crippen LogP contribution in [0.2, 0.25) is 0 Å². The molecule has 4 aromatic rings. The van der Waals surface area contributed by atoms with Gasteiger partial charge in [-0.2, -0.15) is 23.4 Å². The first-order valence-electron chi connectivity index (χ1n) is 12.4. The number of halogens is 5. The van der Waals surface area contributed by atoms with Crippen LogP contribution in [0.15, 0.2) is 60.8 Å². The lowest BCUT2D eigenvalue weighted by atomic mass is 9.93. The Balaban J connectivity index is 1.36. The first-order valence-corrected chi connectivity index (χ1v) is 12.4. The molecule has 3 heterocycles. The summed E-state index contributed by atoms with van der Waals surface area (Å²) in [5, 5.41) is 11.6. The molecule has 1 aliphatic heterocycles. The van der Waals surface area contributed by atoms with Crippen LogP contribution in [0.1, 0.15) is 46.3 Å². The monoisotopic (exact) mass is 573 g/mol. The first kappa shape index (κ1) is 26.5. The van der Waals surface area contributed by atoms with E-state index in [-0.39, 0.29) is 52.0 Å². The molecule has 0 saturated heterocycles. The third-order valence-corrected chi connectivity index (χ3v) is 6.72. The molecule has 0 N–H and O–H groups in total. The fraction of sp³-hybridized carbons (Fsp3) is 0.259. The normalized spacial score (nSPS) is 17.2. The highest BCUT2D eigenvalue weighted by atomic mass is 19.4. The van der Waals surface area contributed by atoms with E-state index in [4.69, 9.17) is 4.74 Å². The minimum atomic E-state index is -4.71. The van der Waals surface area contributed by atoms with Crippen molar-refractivity contribution in [3.63, 3.8) is 0 Å². The molecule has 0 saturated carbocycles. The van der Waals surface area contributed by atoms with E-state index in [9.17, 15) is 26.7 Å². The minimum absolute atomic E-state index is 0.0173. The van der Waals surface area contributed by atoms with Crippen LogP contribution in [0.3, 0.4) is 0 Å². The number of ether oxygens (including phenoxy) is 3. The van der Waals surface area contributed by atoms with Gasteiger partial charge in [-0.15, -0.1) is 13.9 Å². The number of alkyl halides is 5. The summed E-state index contributed by atoms with van der Waals surface area (Å²) < 4.78 is 84.9. The Morgan fingerprint density at radius 3 is 2.66 bits per heavy atom. The maximum absolute atomic E-state index is 14.0. The maximum Gasteiger partial charge on any atom is 0.586 e. The van der Waals surface area contributed by atoms with E-state index >= 15 is 0 Å². The molecular formula is C27H20F5N5O4. The summed E-state index contributed by atoms with van der Waals surface area (Å²) in [7, 11) is 1.42. The van der Waals surface area contributed by atoms with Crippen LogP contribution in [0, 0.1) is 0 Å². The summed E-state index contributed by atoms with van der Waals surface area (Å²) in [5.41, 5.74) is -0.240. The number of anilines is 1. The van der Waals surface area contributed by atoms with Crippen molar-refractivity contribution in [3.8, 4) is 23.1 Å². The molecule has 41 heavy (non-hydrogen) atoms. The highest BCUT2D eigenvalue weighted by Crippen LogP contribution is 2.44. The third-order valence-electron chi connectivity index (χ3n) is 6.72. The van der Waals surface area contributed by atoms with Crippen LogP contribution in [0.4, 0.5) is 27.6 Å². The second-order valence-electron chi connectivity index (χ2n) is 9.40. The van der Waals surface area contributed by atoms with Gasteiger partial charge in [-0.05, 0) is 55.7 Å².